The van der Waals surface area contributed by atoms with E-state index in [0.717, 1.165) is 59.3 Å². The number of piperazine rings is 1. The Morgan fingerprint density at radius 1 is 1.22 bits per heavy atom. The number of anilines is 2. The van der Waals surface area contributed by atoms with Gasteiger partial charge >= 0.3 is 6.01 Å². The smallest absolute Gasteiger partial charge is 0.318 e. The minimum atomic E-state index is -0.383. The van der Waals surface area contributed by atoms with E-state index in [1.807, 2.05) is 25.2 Å². The second-order valence-corrected chi connectivity index (χ2v) is 12.6. The molecule has 0 spiro atoms. The summed E-state index contributed by atoms with van der Waals surface area (Å²) < 4.78 is 20.0. The van der Waals surface area contributed by atoms with E-state index in [9.17, 15) is 9.18 Å². The predicted molar refractivity (Wildman–Crippen MR) is 176 cm³/mol. The van der Waals surface area contributed by atoms with Gasteiger partial charge in [0, 0.05) is 54.9 Å². The van der Waals surface area contributed by atoms with Gasteiger partial charge in [-0.15, -0.1) is 0 Å². The molecular formula is C34H39ClFN7O2. The number of alkyl halides is 1. The lowest BCUT2D eigenvalue weighted by atomic mass is 9.76. The van der Waals surface area contributed by atoms with Crippen molar-refractivity contribution < 1.29 is 13.9 Å². The SMILES string of the molecule is [C-]#[N+]C[C@H]1CN(c2nc(OCCN(C)C3(CF)CCC3)nc3c2CCN(c2cccc4cccc(Cl)c24)C3)CCN1C(=O)C=C. The standard InChI is InChI=1S/C34H39ClFN7O2/c1-4-30(44)43-17-16-42(21-25(43)20-37-2)32-26-12-15-41(29-11-6-9-24-8-5-10-27(35)31(24)29)22-28(26)38-33(39-32)45-19-18-40(3)34(23-36)13-7-14-34/h4-6,8-11,25H,1,7,12-23H2,3H3/t25-/m0/s1. The molecule has 1 aromatic heterocycles. The summed E-state index contributed by atoms with van der Waals surface area (Å²) in [6.45, 7) is 14.7. The Kier molecular flexibility index (Phi) is 9.11. The Hall–Kier alpha value is -3.94. The molecule has 45 heavy (non-hydrogen) atoms. The highest BCUT2D eigenvalue weighted by Crippen LogP contribution is 2.38. The van der Waals surface area contributed by atoms with Crippen LogP contribution in [0, 0.1) is 6.57 Å². The number of ether oxygens (including phenoxy) is 1. The second-order valence-electron chi connectivity index (χ2n) is 12.2. The fraction of sp³-hybridized carbons (Fsp3) is 0.471. The van der Waals surface area contributed by atoms with E-state index in [4.69, 9.17) is 32.9 Å². The summed E-state index contributed by atoms with van der Waals surface area (Å²) in [4.78, 5) is 34.3. The molecule has 2 aromatic carbocycles. The fourth-order valence-electron chi connectivity index (χ4n) is 6.89. The van der Waals surface area contributed by atoms with Gasteiger partial charge < -0.3 is 24.3 Å². The number of rotatable bonds is 10. The lowest BCUT2D eigenvalue weighted by molar-refractivity contribution is -0.128. The zero-order valence-corrected chi connectivity index (χ0v) is 26.5. The van der Waals surface area contributed by atoms with Gasteiger partial charge in [0.05, 0.1) is 17.3 Å². The molecule has 1 saturated carbocycles. The third kappa shape index (κ3) is 6.03. The zero-order valence-electron chi connectivity index (χ0n) is 25.7. The van der Waals surface area contributed by atoms with Crippen molar-refractivity contribution in [3.8, 4) is 6.01 Å². The number of carbonyl (C=O) groups is 1. The highest BCUT2D eigenvalue weighted by Gasteiger charge is 2.41. The minimum absolute atomic E-state index is 0.164. The van der Waals surface area contributed by atoms with Crippen LogP contribution in [-0.2, 0) is 17.8 Å². The first-order valence-electron chi connectivity index (χ1n) is 15.6. The average molecular weight is 632 g/mol. The number of nitrogens with zero attached hydrogens (tertiary/aromatic N) is 7. The van der Waals surface area contributed by atoms with Crippen LogP contribution in [0.2, 0.25) is 5.02 Å². The Bertz CT molecular complexity index is 1610. The van der Waals surface area contributed by atoms with E-state index in [0.29, 0.717) is 50.8 Å². The highest BCUT2D eigenvalue weighted by molar-refractivity contribution is 6.36. The molecule has 1 amide bonds. The Balaban J connectivity index is 1.30. The van der Waals surface area contributed by atoms with Crippen molar-refractivity contribution in [2.24, 2.45) is 0 Å². The van der Waals surface area contributed by atoms with E-state index in [2.05, 4.69) is 44.3 Å². The number of halogens is 2. The van der Waals surface area contributed by atoms with Crippen molar-refractivity contribution in [3.63, 3.8) is 0 Å². The summed E-state index contributed by atoms with van der Waals surface area (Å²) in [6, 6.07) is 12.2. The van der Waals surface area contributed by atoms with Crippen molar-refractivity contribution in [1.29, 1.82) is 0 Å². The van der Waals surface area contributed by atoms with E-state index in [-0.39, 0.29) is 36.7 Å². The van der Waals surface area contributed by atoms with Crippen LogP contribution in [0.4, 0.5) is 15.9 Å². The molecule has 236 valence electrons. The van der Waals surface area contributed by atoms with Gasteiger partial charge in [-0.2, -0.15) is 9.97 Å². The second kappa shape index (κ2) is 13.2. The van der Waals surface area contributed by atoms with Gasteiger partial charge in [0.1, 0.15) is 25.1 Å². The minimum Gasteiger partial charge on any atom is -0.462 e. The number of benzene rings is 2. The van der Waals surface area contributed by atoms with Crippen molar-refractivity contribution in [3.05, 3.63) is 76.8 Å². The summed E-state index contributed by atoms with van der Waals surface area (Å²) in [5.41, 5.74) is 2.60. The van der Waals surface area contributed by atoms with Gasteiger partial charge in [-0.05, 0) is 56.3 Å². The summed E-state index contributed by atoms with van der Waals surface area (Å²) in [6.07, 6.45) is 4.80. The first kappa shape index (κ1) is 31.1. The predicted octanol–water partition coefficient (Wildman–Crippen LogP) is 5.17. The average Bonchev–Trinajstić information content (AvgIpc) is 3.03. The molecular weight excluding hydrogens is 593 g/mol. The first-order valence-corrected chi connectivity index (χ1v) is 16.0. The summed E-state index contributed by atoms with van der Waals surface area (Å²) in [5, 5.41) is 2.81. The third-order valence-electron chi connectivity index (χ3n) is 9.74. The molecule has 2 aliphatic heterocycles. The monoisotopic (exact) mass is 631 g/mol. The van der Waals surface area contributed by atoms with E-state index in [1.165, 1.54) is 6.08 Å². The number of amides is 1. The van der Waals surface area contributed by atoms with Crippen molar-refractivity contribution in [2.75, 3.05) is 69.4 Å². The van der Waals surface area contributed by atoms with Crippen molar-refractivity contribution in [2.45, 2.75) is 43.8 Å². The number of hydrogen-bond donors (Lipinski definition) is 0. The van der Waals surface area contributed by atoms with Crippen LogP contribution in [0.1, 0.15) is 30.5 Å². The molecule has 1 aliphatic carbocycles. The molecule has 1 atom stereocenters. The summed E-state index contributed by atoms with van der Waals surface area (Å²) >= 11 is 6.70. The van der Waals surface area contributed by atoms with Gasteiger partial charge in [-0.1, -0.05) is 42.4 Å². The van der Waals surface area contributed by atoms with Crippen LogP contribution in [0.25, 0.3) is 15.6 Å². The zero-order chi connectivity index (χ0) is 31.6. The topological polar surface area (TPSA) is 69.4 Å². The largest absolute Gasteiger partial charge is 0.462 e. The fourth-order valence-corrected chi connectivity index (χ4v) is 7.17. The van der Waals surface area contributed by atoms with Crippen LogP contribution in [0.15, 0.2) is 49.1 Å². The molecule has 0 bridgehead atoms. The van der Waals surface area contributed by atoms with E-state index in [1.54, 1.807) is 4.90 Å². The van der Waals surface area contributed by atoms with Gasteiger partial charge in [0.2, 0.25) is 12.5 Å². The lowest BCUT2D eigenvalue weighted by Crippen LogP contribution is -2.56. The molecule has 0 radical (unpaired) electrons. The molecule has 3 aromatic rings. The Morgan fingerprint density at radius 3 is 2.73 bits per heavy atom. The molecule has 0 N–H and O–H groups in total. The van der Waals surface area contributed by atoms with Gasteiger partial charge in [-0.3, -0.25) is 9.69 Å². The highest BCUT2D eigenvalue weighted by atomic mass is 35.5. The molecule has 0 unspecified atom stereocenters. The van der Waals surface area contributed by atoms with Crippen molar-refractivity contribution >= 4 is 39.8 Å². The molecule has 3 heterocycles. The number of fused-ring (bicyclic) bond motifs is 2. The maximum Gasteiger partial charge on any atom is 0.318 e. The van der Waals surface area contributed by atoms with E-state index >= 15 is 0 Å². The quantitative estimate of drug-likeness (QED) is 0.226. The van der Waals surface area contributed by atoms with Crippen LogP contribution in [-0.4, -0.2) is 96.9 Å². The van der Waals surface area contributed by atoms with Crippen molar-refractivity contribution in [1.82, 2.24) is 19.8 Å². The molecule has 6 rings (SSSR count). The Labute approximate surface area is 269 Å². The van der Waals surface area contributed by atoms with Gasteiger partial charge in [0.25, 0.3) is 0 Å². The third-order valence-corrected chi connectivity index (χ3v) is 10.1. The van der Waals surface area contributed by atoms with Crippen LogP contribution < -0.4 is 14.5 Å². The van der Waals surface area contributed by atoms with E-state index < -0.39 is 0 Å². The van der Waals surface area contributed by atoms with Gasteiger partial charge in [0.15, 0.2) is 0 Å². The maximum atomic E-state index is 13.9. The molecule has 2 fully saturated rings. The van der Waals surface area contributed by atoms with Gasteiger partial charge in [-0.25, -0.2) is 11.0 Å². The van der Waals surface area contributed by atoms with Crippen LogP contribution >= 0.6 is 11.6 Å². The lowest BCUT2D eigenvalue weighted by Gasteiger charge is -2.46. The normalized spacial score (nSPS) is 19.2. The first-order chi connectivity index (χ1) is 21.9. The molecule has 3 aliphatic rings. The number of hydrogen-bond acceptors (Lipinski definition) is 7. The Morgan fingerprint density at radius 2 is 2.02 bits per heavy atom. The molecule has 11 heteroatoms. The van der Waals surface area contributed by atoms with Crippen LogP contribution in [0.3, 0.4) is 0 Å². The summed E-state index contributed by atoms with van der Waals surface area (Å²) in [5.74, 6) is 0.627. The summed E-state index contributed by atoms with van der Waals surface area (Å²) in [7, 11) is 1.95. The molecule has 9 nitrogen and oxygen atoms in total. The maximum absolute atomic E-state index is 13.9. The molecule has 1 saturated heterocycles. The number of carbonyl (C=O) groups excluding carboxylic acids is 1. The number of aromatic nitrogens is 2. The van der Waals surface area contributed by atoms with Crippen LogP contribution in [0.5, 0.6) is 6.01 Å². The number of likely N-dealkylation sites (N-methyl/N-ethyl adjacent to an activating group) is 1.